The summed E-state index contributed by atoms with van der Waals surface area (Å²) in [6.07, 6.45) is 0. The van der Waals surface area contributed by atoms with Gasteiger partial charge in [0.1, 0.15) is 0 Å². The fraction of sp³-hybridized carbons (Fsp3) is 1.00. The van der Waals surface area contributed by atoms with Gasteiger partial charge in [-0.1, -0.05) is 27.7 Å². The van der Waals surface area contributed by atoms with E-state index >= 15 is 0 Å². The first-order chi connectivity index (χ1) is 7.98. The summed E-state index contributed by atoms with van der Waals surface area (Å²) < 4.78 is 60.9. The fourth-order valence-electron chi connectivity index (χ4n) is 2.57. The highest BCUT2D eigenvalue weighted by molar-refractivity contribution is 7.90. The maximum absolute atomic E-state index is 12.5. The van der Waals surface area contributed by atoms with E-state index in [1.165, 1.54) is 0 Å². The Kier molecular flexibility index (Phi) is 4.37. The van der Waals surface area contributed by atoms with Crippen molar-refractivity contribution in [1.82, 2.24) is 4.31 Å². The molecule has 0 aromatic rings. The Bertz CT molecular complexity index is 374. The number of sulfonamides is 1. The van der Waals surface area contributed by atoms with Crippen molar-refractivity contribution < 1.29 is 21.6 Å². The number of nitrogens with zero attached hydrogens (tertiary/aromatic N) is 1. The van der Waals surface area contributed by atoms with Crippen LogP contribution in [-0.2, 0) is 10.0 Å². The van der Waals surface area contributed by atoms with Crippen molar-refractivity contribution in [3.8, 4) is 0 Å². The predicted octanol–water partition coefficient (Wildman–Crippen LogP) is 2.70. The Morgan fingerprint density at radius 2 is 1.33 bits per heavy atom. The van der Waals surface area contributed by atoms with Crippen LogP contribution in [0.2, 0.25) is 0 Å². The molecular weight excluding hydrogens is 267 g/mol. The lowest BCUT2D eigenvalue weighted by Gasteiger charge is -2.24. The highest BCUT2D eigenvalue weighted by atomic mass is 32.2. The van der Waals surface area contributed by atoms with Gasteiger partial charge in [-0.2, -0.15) is 17.5 Å². The van der Waals surface area contributed by atoms with Gasteiger partial charge in [0.15, 0.2) is 0 Å². The zero-order valence-corrected chi connectivity index (χ0v) is 11.8. The molecule has 18 heavy (non-hydrogen) atoms. The van der Waals surface area contributed by atoms with Crippen LogP contribution in [0.5, 0.6) is 0 Å². The van der Waals surface area contributed by atoms with Crippen molar-refractivity contribution in [3.05, 3.63) is 0 Å². The van der Waals surface area contributed by atoms with Crippen LogP contribution in [0.4, 0.5) is 13.2 Å². The number of hydrogen-bond acceptors (Lipinski definition) is 2. The van der Waals surface area contributed by atoms with Crippen molar-refractivity contribution >= 4 is 10.0 Å². The van der Waals surface area contributed by atoms with Crippen molar-refractivity contribution in [2.24, 2.45) is 23.7 Å². The third-order valence-corrected chi connectivity index (χ3v) is 5.29. The topological polar surface area (TPSA) is 37.4 Å². The number of alkyl halides is 3. The molecule has 108 valence electrons. The van der Waals surface area contributed by atoms with Gasteiger partial charge in [-0.3, -0.25) is 0 Å². The summed E-state index contributed by atoms with van der Waals surface area (Å²) in [7, 11) is -5.18. The van der Waals surface area contributed by atoms with Crippen molar-refractivity contribution in [2.45, 2.75) is 33.2 Å². The largest absolute Gasteiger partial charge is 0.511 e. The maximum Gasteiger partial charge on any atom is 0.511 e. The Morgan fingerprint density at radius 3 is 1.56 bits per heavy atom. The summed E-state index contributed by atoms with van der Waals surface area (Å²) in [5.41, 5.74) is -5.19. The molecule has 3 nitrogen and oxygen atoms in total. The molecule has 0 aromatic heterocycles. The molecule has 1 aliphatic rings. The van der Waals surface area contributed by atoms with Gasteiger partial charge < -0.3 is 0 Å². The average Bonchev–Trinajstić information content (AvgIpc) is 2.60. The van der Waals surface area contributed by atoms with Crippen LogP contribution in [0, 0.1) is 23.7 Å². The number of rotatable bonds is 3. The normalized spacial score (nSPS) is 27.4. The van der Waals surface area contributed by atoms with Crippen LogP contribution in [-0.4, -0.2) is 31.3 Å². The van der Waals surface area contributed by atoms with Gasteiger partial charge in [-0.05, 0) is 23.7 Å². The molecule has 0 aliphatic carbocycles. The molecule has 1 rings (SSSR count). The lowest BCUT2D eigenvalue weighted by Crippen LogP contribution is -2.39. The molecule has 1 heterocycles. The molecular formula is C11H20F3NO2S. The summed E-state index contributed by atoms with van der Waals surface area (Å²) >= 11 is 0. The Balaban J connectivity index is 2.98. The van der Waals surface area contributed by atoms with Crippen molar-refractivity contribution in [3.63, 3.8) is 0 Å². The highest BCUT2D eigenvalue weighted by Crippen LogP contribution is 2.39. The predicted molar refractivity (Wildman–Crippen MR) is 63.2 cm³/mol. The zero-order chi connectivity index (χ0) is 14.3. The second-order valence-corrected chi connectivity index (χ2v) is 7.51. The van der Waals surface area contributed by atoms with Crippen LogP contribution >= 0.6 is 0 Å². The summed E-state index contributed by atoms with van der Waals surface area (Å²) in [6.45, 7) is 7.63. The van der Waals surface area contributed by atoms with E-state index in [0.29, 0.717) is 4.31 Å². The molecule has 0 saturated carbocycles. The van der Waals surface area contributed by atoms with Crippen LogP contribution in [0.3, 0.4) is 0 Å². The minimum absolute atomic E-state index is 0.0119. The summed E-state index contributed by atoms with van der Waals surface area (Å²) in [5.74, 6) is 0.320. The average molecular weight is 287 g/mol. The number of hydrogen-bond donors (Lipinski definition) is 0. The minimum atomic E-state index is -5.19. The van der Waals surface area contributed by atoms with Crippen LogP contribution in [0.15, 0.2) is 0 Å². The molecule has 0 aromatic carbocycles. The molecule has 0 bridgehead atoms. The molecule has 0 radical (unpaired) electrons. The van der Waals surface area contributed by atoms with Gasteiger partial charge >= 0.3 is 15.5 Å². The van der Waals surface area contributed by atoms with Gasteiger partial charge in [0.25, 0.3) is 0 Å². The second kappa shape index (κ2) is 5.00. The van der Waals surface area contributed by atoms with Crippen molar-refractivity contribution in [2.75, 3.05) is 13.1 Å². The van der Waals surface area contributed by atoms with Crippen LogP contribution in [0.25, 0.3) is 0 Å². The Morgan fingerprint density at radius 1 is 1.00 bits per heavy atom. The Labute approximate surface area is 106 Å². The molecule has 7 heteroatoms. The van der Waals surface area contributed by atoms with E-state index in [2.05, 4.69) is 0 Å². The van der Waals surface area contributed by atoms with E-state index in [9.17, 15) is 21.6 Å². The summed E-state index contributed by atoms with van der Waals surface area (Å²) in [6, 6.07) is 0. The first kappa shape index (κ1) is 15.8. The smallest absolute Gasteiger partial charge is 0.203 e. The first-order valence-corrected chi connectivity index (χ1v) is 7.49. The number of halogens is 3. The van der Waals surface area contributed by atoms with Gasteiger partial charge in [0.05, 0.1) is 0 Å². The lowest BCUT2D eigenvalue weighted by molar-refractivity contribution is -0.0485. The molecule has 0 amide bonds. The molecule has 0 spiro atoms. The van der Waals surface area contributed by atoms with E-state index < -0.39 is 15.5 Å². The highest BCUT2D eigenvalue weighted by Gasteiger charge is 2.53. The fourth-order valence-corrected chi connectivity index (χ4v) is 3.60. The molecule has 0 N–H and O–H groups in total. The van der Waals surface area contributed by atoms with E-state index in [1.54, 1.807) is 0 Å². The van der Waals surface area contributed by atoms with E-state index in [0.717, 1.165) is 0 Å². The zero-order valence-electron chi connectivity index (χ0n) is 11.0. The minimum Gasteiger partial charge on any atom is -0.203 e. The van der Waals surface area contributed by atoms with E-state index in [-0.39, 0.29) is 36.8 Å². The third kappa shape index (κ3) is 2.82. The molecule has 1 fully saturated rings. The quantitative estimate of drug-likeness (QED) is 0.800. The van der Waals surface area contributed by atoms with Gasteiger partial charge in [0.2, 0.25) is 0 Å². The maximum atomic E-state index is 12.5. The molecule has 2 atom stereocenters. The summed E-state index contributed by atoms with van der Waals surface area (Å²) in [5, 5.41) is 0. The third-order valence-electron chi connectivity index (χ3n) is 3.72. The molecule has 1 saturated heterocycles. The van der Waals surface area contributed by atoms with Gasteiger partial charge in [0, 0.05) is 13.1 Å². The Hall–Kier alpha value is -0.300. The van der Waals surface area contributed by atoms with Crippen LogP contribution in [0.1, 0.15) is 27.7 Å². The van der Waals surface area contributed by atoms with E-state index in [4.69, 9.17) is 0 Å². The molecule has 1 aliphatic heterocycles. The standard InChI is InChI=1S/C11H20F3NO2S/c1-7(2)9-5-15(6-10(9)8(3)4)18(16,17)11(12,13)14/h7-10H,5-6H2,1-4H3. The molecule has 2 unspecified atom stereocenters. The van der Waals surface area contributed by atoms with Crippen LogP contribution < -0.4 is 0 Å². The summed E-state index contributed by atoms with van der Waals surface area (Å²) in [4.78, 5) is 0. The second-order valence-electron chi connectivity index (χ2n) is 5.58. The van der Waals surface area contributed by atoms with Gasteiger partial charge in [-0.15, -0.1) is 0 Å². The first-order valence-electron chi connectivity index (χ1n) is 6.05. The SMILES string of the molecule is CC(C)C1CN(S(=O)(=O)C(F)(F)F)CC1C(C)C. The monoisotopic (exact) mass is 287 g/mol. The van der Waals surface area contributed by atoms with Gasteiger partial charge in [-0.25, -0.2) is 8.42 Å². The lowest BCUT2D eigenvalue weighted by atomic mass is 9.80. The van der Waals surface area contributed by atoms with E-state index in [1.807, 2.05) is 27.7 Å². The van der Waals surface area contributed by atoms with Crippen molar-refractivity contribution in [1.29, 1.82) is 0 Å².